The van der Waals surface area contributed by atoms with Crippen LogP contribution in [0, 0.1) is 0 Å². The largest absolute Gasteiger partial charge is 0.197 e. The molecule has 0 N–H and O–H groups in total. The Bertz CT molecular complexity index is 8.00. The van der Waals surface area contributed by atoms with Crippen LogP contribution in [-0.2, 0) is 36.0 Å². The van der Waals surface area contributed by atoms with E-state index >= 15 is 0 Å². The molecule has 0 aromatic rings. The number of rotatable bonds is 0. The van der Waals surface area contributed by atoms with Gasteiger partial charge >= 0.3 is 0 Å². The second-order valence-electron chi connectivity index (χ2n) is 0. The van der Waals surface area contributed by atoms with Gasteiger partial charge in [0, 0.05) is 36.0 Å². The Labute approximate surface area is 59.2 Å². The van der Waals surface area contributed by atoms with Gasteiger partial charge in [-0.3, -0.25) is 0 Å². The molecule has 0 amide bonds. The van der Waals surface area contributed by atoms with Crippen LogP contribution in [0.1, 0.15) is 0 Å². The van der Waals surface area contributed by atoms with E-state index in [-0.39, 0.29) is 59.4 Å². The molecule has 0 saturated carbocycles. The van der Waals surface area contributed by atoms with Gasteiger partial charge in [-0.05, 0) is 0 Å². The van der Waals surface area contributed by atoms with Crippen LogP contribution < -0.4 is 0 Å². The molecule has 0 rings (SSSR count). The van der Waals surface area contributed by atoms with Crippen LogP contribution in [0.4, 0.5) is 0 Å². The zero-order valence-corrected chi connectivity index (χ0v) is 8.60. The molecule has 0 heterocycles. The quantitative estimate of drug-likeness (QED) is 0.379. The Morgan fingerprint density at radius 2 is 1.00 bits per heavy atom. The van der Waals surface area contributed by atoms with Crippen molar-refractivity contribution in [3.63, 3.8) is 0 Å². The molecule has 0 radical (unpaired) electrons. The summed E-state index contributed by atoms with van der Waals surface area (Å²) in [5, 5.41) is 0. The van der Waals surface area contributed by atoms with Gasteiger partial charge in [-0.1, -0.05) is 0 Å². The molecule has 1 unspecified atom stereocenters. The minimum atomic E-state index is 0. The molecule has 28 valence electrons. The average molecular weight is 192 g/mol. The van der Waals surface area contributed by atoms with Crippen LogP contribution in [0.3, 0.4) is 0 Å². The van der Waals surface area contributed by atoms with Crippen molar-refractivity contribution in [2.45, 2.75) is 0 Å². The molecule has 0 aromatic carbocycles. The fourth-order valence-electron chi connectivity index (χ4n) is 0. The van der Waals surface area contributed by atoms with Gasteiger partial charge in [0.25, 0.3) is 0 Å². The maximum Gasteiger partial charge on any atom is 0 e. The fourth-order valence-corrected chi connectivity index (χ4v) is 0. The molecule has 0 aliphatic rings. The van der Waals surface area contributed by atoms with Crippen molar-refractivity contribution in [1.29, 1.82) is 0 Å². The monoisotopic (exact) mass is 190 g/mol. The summed E-state index contributed by atoms with van der Waals surface area (Å²) in [5.74, 6) is 0. The number of hydrogen-bond donors (Lipinski definition) is 0. The summed E-state index contributed by atoms with van der Waals surface area (Å²) in [4.78, 5) is 0. The first-order chi connectivity index (χ1) is 0. The van der Waals surface area contributed by atoms with Crippen molar-refractivity contribution in [2.24, 2.45) is 0 Å². The molecule has 0 aliphatic heterocycles. The predicted molar refractivity (Wildman–Crippen MR) is 21.5 cm³/mol. The molecular weight excluding hydrogens is 187 g/mol. The van der Waals surface area contributed by atoms with Crippen molar-refractivity contribution in [2.75, 3.05) is 0 Å². The summed E-state index contributed by atoms with van der Waals surface area (Å²) in [5.41, 5.74) is 0. The normalized spacial score (nSPS) is 0. The smallest absolute Gasteiger partial charge is 0 e. The predicted octanol–water partition coefficient (Wildman–Crippen LogP) is 0.166. The third kappa shape index (κ3) is 9.09. The Kier molecular flexibility index (Phi) is 203. The van der Waals surface area contributed by atoms with E-state index < -0.39 is 0 Å². The molecule has 0 aromatic heterocycles. The van der Waals surface area contributed by atoms with Crippen LogP contribution in [0.15, 0.2) is 0 Å². The van der Waals surface area contributed by atoms with Crippen LogP contribution in [0.25, 0.3) is 0 Å². The molecule has 4 heteroatoms. The zero-order valence-electron chi connectivity index (χ0n) is 2.23. The first-order valence-electron chi connectivity index (χ1n) is 0. The van der Waals surface area contributed by atoms with Crippen LogP contribution in [-0.4, -0.2) is 0 Å². The second-order valence-corrected chi connectivity index (χ2v) is 0. The maximum absolute atomic E-state index is 0. The second kappa shape index (κ2) is 20.7. The van der Waals surface area contributed by atoms with E-state index in [9.17, 15) is 0 Å². The summed E-state index contributed by atoms with van der Waals surface area (Å²) < 4.78 is 0. The summed E-state index contributed by atoms with van der Waals surface area (Å²) >= 11 is 0. The van der Waals surface area contributed by atoms with Crippen molar-refractivity contribution in [3.8, 4) is 0 Å². The molecule has 0 saturated heterocycles. The molecular formula is H5NiPSZn. The van der Waals surface area contributed by atoms with Crippen molar-refractivity contribution in [3.05, 3.63) is 0 Å². The number of hydrogen-bond acceptors (Lipinski definition) is 0. The van der Waals surface area contributed by atoms with Gasteiger partial charge < -0.3 is 0 Å². The van der Waals surface area contributed by atoms with Crippen molar-refractivity contribution in [1.82, 2.24) is 0 Å². The molecule has 0 aliphatic carbocycles. The summed E-state index contributed by atoms with van der Waals surface area (Å²) in [6, 6.07) is 0. The minimum Gasteiger partial charge on any atom is -0.197 e. The van der Waals surface area contributed by atoms with Gasteiger partial charge in [0.1, 0.15) is 0 Å². The standard InChI is InChI=1S/Ni.H3P.H2S.Zn/h;1H3;1H2;. The molecule has 0 nitrogen and oxygen atoms in total. The van der Waals surface area contributed by atoms with Crippen LogP contribution in [0.5, 0.6) is 0 Å². The van der Waals surface area contributed by atoms with E-state index in [0.717, 1.165) is 0 Å². The van der Waals surface area contributed by atoms with Gasteiger partial charge in [-0.2, -0.15) is 23.4 Å². The van der Waals surface area contributed by atoms with Gasteiger partial charge in [0.2, 0.25) is 0 Å². The van der Waals surface area contributed by atoms with E-state index in [2.05, 4.69) is 0 Å². The zero-order chi connectivity index (χ0) is 0. The van der Waals surface area contributed by atoms with Gasteiger partial charge in [0.15, 0.2) is 0 Å². The third-order valence-corrected chi connectivity index (χ3v) is 0. The molecule has 0 bridgehead atoms. The SMILES string of the molecule is P.S.[Ni].[Zn]. The summed E-state index contributed by atoms with van der Waals surface area (Å²) in [6.07, 6.45) is 0. The van der Waals surface area contributed by atoms with E-state index in [4.69, 9.17) is 0 Å². The average Bonchev–Trinajstić information content (AvgIpc) is 0. The van der Waals surface area contributed by atoms with Crippen LogP contribution in [0.2, 0.25) is 0 Å². The third-order valence-electron chi connectivity index (χ3n) is 0. The summed E-state index contributed by atoms with van der Waals surface area (Å²) in [7, 11) is 0. The Balaban J connectivity index is 0. The minimum absolute atomic E-state index is 0. The Hall–Kier alpha value is 1.90. The van der Waals surface area contributed by atoms with E-state index in [1.807, 2.05) is 0 Å². The van der Waals surface area contributed by atoms with E-state index in [1.165, 1.54) is 0 Å². The first-order valence-corrected chi connectivity index (χ1v) is 0. The van der Waals surface area contributed by atoms with Gasteiger partial charge in [-0.15, -0.1) is 0 Å². The Morgan fingerprint density at radius 1 is 1.00 bits per heavy atom. The fraction of sp³-hybridized carbons (Fsp3) is 0. The van der Waals surface area contributed by atoms with Crippen LogP contribution >= 0.6 is 23.4 Å². The molecule has 4 heavy (non-hydrogen) atoms. The van der Waals surface area contributed by atoms with Gasteiger partial charge in [0.05, 0.1) is 0 Å². The van der Waals surface area contributed by atoms with E-state index in [1.54, 1.807) is 0 Å². The maximum atomic E-state index is 0. The summed E-state index contributed by atoms with van der Waals surface area (Å²) in [6.45, 7) is 0. The topological polar surface area (TPSA) is 0 Å². The first kappa shape index (κ1) is 39.3. The van der Waals surface area contributed by atoms with Crippen molar-refractivity contribution < 1.29 is 36.0 Å². The Morgan fingerprint density at radius 3 is 1.00 bits per heavy atom. The molecule has 0 spiro atoms. The van der Waals surface area contributed by atoms with E-state index in [0.29, 0.717) is 0 Å². The molecule has 1 atom stereocenters. The van der Waals surface area contributed by atoms with Crippen molar-refractivity contribution >= 4 is 23.4 Å². The molecule has 0 fully saturated rings. The van der Waals surface area contributed by atoms with Gasteiger partial charge in [-0.25, -0.2) is 0 Å².